The van der Waals surface area contributed by atoms with E-state index in [-0.39, 0.29) is 0 Å². The van der Waals surface area contributed by atoms with Gasteiger partial charge in [-0.2, -0.15) is 0 Å². The molecule has 2 aromatic heterocycles. The molecule has 10 aromatic carbocycles. The van der Waals surface area contributed by atoms with Crippen LogP contribution < -0.4 is 0 Å². The quantitative estimate of drug-likeness (QED) is 0.177. The Labute approximate surface area is 392 Å². The normalized spacial score (nSPS) is 14.2. The van der Waals surface area contributed by atoms with E-state index in [1.807, 2.05) is 11.3 Å². The van der Waals surface area contributed by atoms with Crippen LogP contribution in [0.15, 0.2) is 231 Å². The second-order valence-electron chi connectivity index (χ2n) is 18.3. The summed E-state index contributed by atoms with van der Waals surface area (Å²) in [6, 6.07) is 85.7. The highest BCUT2D eigenvalue weighted by molar-refractivity contribution is 7.26. The summed E-state index contributed by atoms with van der Waals surface area (Å²) >= 11 is 1.93. The van der Waals surface area contributed by atoms with Crippen LogP contribution in [0.25, 0.3) is 87.1 Å². The maximum Gasteiger partial charge on any atom is 0.160 e. The summed E-state index contributed by atoms with van der Waals surface area (Å²) in [7, 11) is 0. The smallest absolute Gasteiger partial charge is 0.160 e. The summed E-state index contributed by atoms with van der Waals surface area (Å²) in [6.45, 7) is 0. The maximum absolute atomic E-state index is 5.66. The fourth-order valence-corrected chi connectivity index (χ4v) is 13.9. The van der Waals surface area contributed by atoms with E-state index in [4.69, 9.17) is 9.97 Å². The van der Waals surface area contributed by atoms with E-state index in [9.17, 15) is 0 Å². The van der Waals surface area contributed by atoms with E-state index < -0.39 is 10.8 Å². The van der Waals surface area contributed by atoms with E-state index in [2.05, 4.69) is 231 Å². The Morgan fingerprint density at radius 3 is 1.60 bits per heavy atom. The van der Waals surface area contributed by atoms with Crippen LogP contribution >= 0.6 is 11.3 Å². The minimum atomic E-state index is -0.729. The van der Waals surface area contributed by atoms with E-state index in [1.54, 1.807) is 0 Å². The predicted octanol–water partition coefficient (Wildman–Crippen LogP) is 16.0. The summed E-state index contributed by atoms with van der Waals surface area (Å²) in [5, 5.41) is 4.95. The average Bonchev–Trinajstić information content (AvgIpc) is 4.03. The molecule has 3 aliphatic carbocycles. The number of hydrogen-bond donors (Lipinski definition) is 0. The van der Waals surface area contributed by atoms with Crippen molar-refractivity contribution in [1.82, 2.24) is 9.97 Å². The van der Waals surface area contributed by atoms with Gasteiger partial charge in [-0.05, 0) is 95.7 Å². The standard InChI is InChI=1S/C64H38N2S/c1-2-18-40(19-3-1)56-38-57(66-62(65-56)42-34-33-39-17-4-5-20-41(39)37-42)49-25-16-24-46-47-35-36-48-45-23-8-15-32-58(45)67-61(48)60(47)64(59(46)49)54-30-13-11-28-52(54)63(53-29-12-14-31-55(53)64)50-26-9-6-21-43(50)44-22-7-10-27-51(44)63/h1-38H. The molecule has 0 radical (unpaired) electrons. The molecule has 0 amide bonds. The van der Waals surface area contributed by atoms with Gasteiger partial charge in [-0.3, -0.25) is 0 Å². The maximum atomic E-state index is 5.66. The molecule has 0 N–H and O–H groups in total. The average molecular weight is 867 g/mol. The van der Waals surface area contributed by atoms with Crippen LogP contribution in [0.1, 0.15) is 44.5 Å². The van der Waals surface area contributed by atoms with Gasteiger partial charge in [0.15, 0.2) is 5.82 Å². The van der Waals surface area contributed by atoms with Crippen molar-refractivity contribution < 1.29 is 0 Å². The second kappa shape index (κ2) is 13.6. The van der Waals surface area contributed by atoms with Crippen LogP contribution in [0.2, 0.25) is 0 Å². The minimum absolute atomic E-state index is 0.545. The molecule has 2 heterocycles. The van der Waals surface area contributed by atoms with Gasteiger partial charge in [0.1, 0.15) is 0 Å². The number of aromatic nitrogens is 2. The Morgan fingerprint density at radius 1 is 0.313 bits per heavy atom. The van der Waals surface area contributed by atoms with Crippen molar-refractivity contribution in [2.75, 3.05) is 0 Å². The number of nitrogens with zero attached hydrogens (tertiary/aromatic N) is 2. The first-order chi connectivity index (χ1) is 33.2. The fraction of sp³-hybridized carbons (Fsp3) is 0.0312. The minimum Gasteiger partial charge on any atom is -0.228 e. The molecule has 3 heteroatoms. The van der Waals surface area contributed by atoms with E-state index >= 15 is 0 Å². The molecule has 67 heavy (non-hydrogen) atoms. The lowest BCUT2D eigenvalue weighted by Crippen LogP contribution is -2.44. The summed E-state index contributed by atoms with van der Waals surface area (Å²) in [5.74, 6) is 0.707. The number of hydrogen-bond acceptors (Lipinski definition) is 3. The Morgan fingerprint density at radius 2 is 0.866 bits per heavy atom. The van der Waals surface area contributed by atoms with Crippen LogP contribution in [-0.4, -0.2) is 9.97 Å². The van der Waals surface area contributed by atoms with Crippen LogP contribution in [0.4, 0.5) is 0 Å². The third-order valence-electron chi connectivity index (χ3n) is 15.2. The van der Waals surface area contributed by atoms with Gasteiger partial charge in [0, 0.05) is 36.9 Å². The lowest BCUT2D eigenvalue weighted by Gasteiger charge is -2.49. The Balaban J connectivity index is 1.11. The van der Waals surface area contributed by atoms with Crippen molar-refractivity contribution in [1.29, 1.82) is 0 Å². The van der Waals surface area contributed by atoms with Crippen LogP contribution in [-0.2, 0) is 10.8 Å². The summed E-state index contributed by atoms with van der Waals surface area (Å²) in [5.41, 5.74) is 19.4. The molecule has 2 nitrogen and oxygen atoms in total. The monoisotopic (exact) mass is 866 g/mol. The van der Waals surface area contributed by atoms with Gasteiger partial charge in [-0.15, -0.1) is 11.3 Å². The van der Waals surface area contributed by atoms with Crippen molar-refractivity contribution in [3.8, 4) is 56.2 Å². The molecule has 0 fully saturated rings. The van der Waals surface area contributed by atoms with Crippen LogP contribution in [0.3, 0.4) is 0 Å². The second-order valence-corrected chi connectivity index (χ2v) is 19.3. The highest BCUT2D eigenvalue weighted by Crippen LogP contribution is 2.69. The zero-order valence-electron chi connectivity index (χ0n) is 36.2. The molecule has 3 aliphatic rings. The van der Waals surface area contributed by atoms with Gasteiger partial charge in [0.2, 0.25) is 0 Å². The lowest BCUT2D eigenvalue weighted by molar-refractivity contribution is 0.636. The number of benzene rings is 10. The molecule has 0 unspecified atom stereocenters. The molecule has 2 spiro atoms. The molecule has 15 rings (SSSR count). The van der Waals surface area contributed by atoms with Crippen molar-refractivity contribution in [2.24, 2.45) is 0 Å². The lowest BCUT2D eigenvalue weighted by atomic mass is 9.52. The largest absolute Gasteiger partial charge is 0.228 e. The van der Waals surface area contributed by atoms with Crippen LogP contribution in [0.5, 0.6) is 0 Å². The molecular formula is C64H38N2S. The van der Waals surface area contributed by atoms with E-state index in [0.717, 1.165) is 33.5 Å². The Kier molecular flexibility index (Phi) is 7.54. The summed E-state index contributed by atoms with van der Waals surface area (Å²) in [4.78, 5) is 11.0. The first-order valence-corrected chi connectivity index (χ1v) is 24.0. The summed E-state index contributed by atoms with van der Waals surface area (Å²) < 4.78 is 2.63. The van der Waals surface area contributed by atoms with Gasteiger partial charge in [0.05, 0.1) is 22.2 Å². The molecule has 0 atom stereocenters. The van der Waals surface area contributed by atoms with Crippen molar-refractivity contribution in [3.63, 3.8) is 0 Å². The number of thiophene rings is 1. The highest BCUT2D eigenvalue weighted by atomic mass is 32.1. The molecule has 0 aliphatic heterocycles. The van der Waals surface area contributed by atoms with E-state index in [0.29, 0.717) is 5.82 Å². The molecule has 0 saturated heterocycles. The van der Waals surface area contributed by atoms with Gasteiger partial charge < -0.3 is 0 Å². The highest BCUT2D eigenvalue weighted by Gasteiger charge is 2.60. The first kappa shape index (κ1) is 37.0. The molecule has 310 valence electrons. The van der Waals surface area contributed by atoms with Gasteiger partial charge >= 0.3 is 0 Å². The Bertz CT molecular complexity index is 3970. The SMILES string of the molecule is c1ccc(-c2cc(-c3cccc4c3C3(c5ccccc5C5(c6ccccc6-c6ccccc65)c5ccccc53)c3c-4ccc4c3sc3ccccc34)nc(-c3ccc4ccccc4c3)n2)cc1. The van der Waals surface area contributed by atoms with E-state index in [1.165, 1.54) is 92.3 Å². The zero-order chi connectivity index (χ0) is 43.8. The topological polar surface area (TPSA) is 25.8 Å². The molecule has 0 saturated carbocycles. The number of fused-ring (bicyclic) bond motifs is 21. The predicted molar refractivity (Wildman–Crippen MR) is 277 cm³/mol. The molecule has 0 bridgehead atoms. The van der Waals surface area contributed by atoms with Gasteiger partial charge in [-0.25, -0.2) is 9.97 Å². The third kappa shape index (κ3) is 4.78. The van der Waals surface area contributed by atoms with Crippen molar-refractivity contribution in [3.05, 3.63) is 275 Å². The molecule has 12 aromatic rings. The zero-order valence-corrected chi connectivity index (χ0v) is 37.1. The summed E-state index contributed by atoms with van der Waals surface area (Å²) in [6.07, 6.45) is 0. The number of rotatable bonds is 3. The fourth-order valence-electron chi connectivity index (χ4n) is 12.6. The molecular weight excluding hydrogens is 829 g/mol. The first-order valence-electron chi connectivity index (χ1n) is 23.1. The van der Waals surface area contributed by atoms with Crippen molar-refractivity contribution >= 4 is 42.3 Å². The van der Waals surface area contributed by atoms with Gasteiger partial charge in [0.25, 0.3) is 0 Å². The third-order valence-corrected chi connectivity index (χ3v) is 16.4. The van der Waals surface area contributed by atoms with Crippen molar-refractivity contribution in [2.45, 2.75) is 10.8 Å². The van der Waals surface area contributed by atoms with Crippen LogP contribution in [0, 0.1) is 0 Å². The van der Waals surface area contributed by atoms with Gasteiger partial charge in [-0.1, -0.05) is 212 Å². The Hall–Kier alpha value is -8.24.